The van der Waals surface area contributed by atoms with Gasteiger partial charge >= 0.3 is 5.97 Å². The molecule has 0 spiro atoms. The summed E-state index contributed by atoms with van der Waals surface area (Å²) in [5, 5.41) is 23.4. The molecule has 0 aromatic heterocycles. The van der Waals surface area contributed by atoms with Crippen LogP contribution < -0.4 is 5.32 Å². The van der Waals surface area contributed by atoms with Crippen molar-refractivity contribution in [2.45, 2.75) is 392 Å². The number of hydrogen-bond donors (Lipinski definition) is 3. The van der Waals surface area contributed by atoms with Crippen molar-refractivity contribution in [1.29, 1.82) is 0 Å². The maximum Gasteiger partial charge on any atom is 0.305 e. The molecule has 3 N–H and O–H groups in total. The van der Waals surface area contributed by atoms with Crippen LogP contribution in [0.3, 0.4) is 0 Å². The summed E-state index contributed by atoms with van der Waals surface area (Å²) >= 11 is 0. The van der Waals surface area contributed by atoms with Gasteiger partial charge in [-0.05, 0) is 57.8 Å². The van der Waals surface area contributed by atoms with Crippen LogP contribution >= 0.6 is 0 Å². The molecule has 0 aliphatic rings. The largest absolute Gasteiger partial charge is 0.466 e. The lowest BCUT2D eigenvalue weighted by Gasteiger charge is -2.22. The van der Waals surface area contributed by atoms with Crippen molar-refractivity contribution in [1.82, 2.24) is 5.32 Å². The molecule has 6 heteroatoms. The molecule has 1 amide bonds. The van der Waals surface area contributed by atoms with Gasteiger partial charge in [-0.25, -0.2) is 0 Å². The van der Waals surface area contributed by atoms with Crippen LogP contribution in [-0.4, -0.2) is 47.4 Å². The second kappa shape index (κ2) is 64.9. The summed E-state index contributed by atoms with van der Waals surface area (Å²) in [6, 6.07) is -0.542. The van der Waals surface area contributed by atoms with Crippen LogP contribution in [0.2, 0.25) is 0 Å². The van der Waals surface area contributed by atoms with E-state index in [2.05, 4.69) is 43.5 Å². The van der Waals surface area contributed by atoms with Gasteiger partial charge < -0.3 is 20.3 Å². The topological polar surface area (TPSA) is 95.9 Å². The summed E-state index contributed by atoms with van der Waals surface area (Å²) in [5.41, 5.74) is 0. The van der Waals surface area contributed by atoms with Gasteiger partial charge in [-0.2, -0.15) is 0 Å². The van der Waals surface area contributed by atoms with Crippen LogP contribution in [0, 0.1) is 0 Å². The van der Waals surface area contributed by atoms with E-state index in [0.717, 1.165) is 51.4 Å². The van der Waals surface area contributed by atoms with Gasteiger partial charge in [-0.15, -0.1) is 0 Å². The molecule has 0 heterocycles. The molecular weight excluding hydrogens is 923 g/mol. The summed E-state index contributed by atoms with van der Waals surface area (Å²) in [5.74, 6) is -0.0215. The SMILES string of the molecule is CCCCC/C=C\C/C=C\CCCCCCCCCCCC(=O)OCCCCCCCCCCCCCCCCCCCCCCCCC(=O)NC(CO)C(O)CCCCCCCCCCCCCCCCCCC. The van der Waals surface area contributed by atoms with Crippen molar-refractivity contribution in [3.05, 3.63) is 24.3 Å². The average Bonchev–Trinajstić information content (AvgIpc) is 3.41. The number of unbranched alkanes of at least 4 members (excludes halogenated alkanes) is 49. The zero-order valence-corrected chi connectivity index (χ0v) is 50.8. The van der Waals surface area contributed by atoms with E-state index in [9.17, 15) is 19.8 Å². The van der Waals surface area contributed by atoms with Crippen LogP contribution in [0.15, 0.2) is 24.3 Å². The van der Waals surface area contributed by atoms with E-state index >= 15 is 0 Å². The highest BCUT2D eigenvalue weighted by molar-refractivity contribution is 5.76. The normalized spacial score (nSPS) is 12.6. The Balaban J connectivity index is 3.36. The first-order valence-corrected chi connectivity index (χ1v) is 34.1. The van der Waals surface area contributed by atoms with E-state index in [1.165, 1.54) is 295 Å². The zero-order valence-electron chi connectivity index (χ0n) is 50.8. The van der Waals surface area contributed by atoms with E-state index in [-0.39, 0.29) is 18.5 Å². The van der Waals surface area contributed by atoms with E-state index in [1.54, 1.807) is 0 Å². The Morgan fingerprint density at radius 3 is 1.04 bits per heavy atom. The van der Waals surface area contributed by atoms with Crippen LogP contribution in [-0.2, 0) is 14.3 Å². The molecule has 0 bridgehead atoms. The fraction of sp³-hybridized carbons (Fsp3) is 0.913. The van der Waals surface area contributed by atoms with Gasteiger partial charge in [0.2, 0.25) is 5.91 Å². The third-order valence-corrected chi connectivity index (χ3v) is 16.0. The standard InChI is InChI=1S/C69H133NO5/c1-3-5-7-9-11-13-15-17-19-21-26-31-35-39-43-47-51-55-59-63-69(74)75-64-60-56-52-48-44-40-36-32-28-25-23-22-24-27-30-34-38-42-46-50-54-58-62-68(73)70-66(65-71)67(72)61-57-53-49-45-41-37-33-29-20-18-16-14-12-10-8-6-4-2/h11,13,17,19,66-67,71-72H,3-10,12,14-16,18,20-65H2,1-2H3,(H,70,73)/b13-11-,19-17-. The van der Waals surface area contributed by atoms with Gasteiger partial charge in [0, 0.05) is 12.8 Å². The highest BCUT2D eigenvalue weighted by atomic mass is 16.5. The number of carbonyl (C=O) groups is 2. The first-order chi connectivity index (χ1) is 37.0. The van der Waals surface area contributed by atoms with Crippen molar-refractivity contribution in [2.24, 2.45) is 0 Å². The highest BCUT2D eigenvalue weighted by Gasteiger charge is 2.20. The van der Waals surface area contributed by atoms with Crippen LogP contribution in [0.4, 0.5) is 0 Å². The van der Waals surface area contributed by atoms with Gasteiger partial charge in [-0.3, -0.25) is 9.59 Å². The Kier molecular flexibility index (Phi) is 63.4. The molecule has 6 nitrogen and oxygen atoms in total. The number of amides is 1. The number of allylic oxidation sites excluding steroid dienone is 4. The molecule has 0 aromatic carbocycles. The summed E-state index contributed by atoms with van der Waals surface area (Å²) in [6.45, 7) is 4.96. The number of carbonyl (C=O) groups excluding carboxylic acids is 2. The molecule has 75 heavy (non-hydrogen) atoms. The van der Waals surface area contributed by atoms with Crippen molar-refractivity contribution >= 4 is 11.9 Å². The Labute approximate surface area is 469 Å². The third-order valence-electron chi connectivity index (χ3n) is 16.0. The van der Waals surface area contributed by atoms with Crippen LogP contribution in [0.1, 0.15) is 380 Å². The fourth-order valence-corrected chi connectivity index (χ4v) is 10.8. The number of aliphatic hydroxyl groups excluding tert-OH is 2. The minimum absolute atomic E-state index is 0.0103. The summed E-state index contributed by atoms with van der Waals surface area (Å²) < 4.78 is 5.50. The van der Waals surface area contributed by atoms with Gasteiger partial charge in [0.25, 0.3) is 0 Å². The Hall–Kier alpha value is -1.66. The number of aliphatic hydroxyl groups is 2. The molecule has 0 saturated heterocycles. The predicted octanol–water partition coefficient (Wildman–Crippen LogP) is 21.8. The Morgan fingerprint density at radius 1 is 0.373 bits per heavy atom. The maximum absolute atomic E-state index is 12.5. The van der Waals surface area contributed by atoms with E-state index < -0.39 is 12.1 Å². The van der Waals surface area contributed by atoms with E-state index in [4.69, 9.17) is 4.74 Å². The van der Waals surface area contributed by atoms with E-state index in [1.807, 2.05) is 0 Å². The first-order valence-electron chi connectivity index (χ1n) is 34.1. The summed E-state index contributed by atoms with van der Waals surface area (Å²) in [7, 11) is 0. The lowest BCUT2D eigenvalue weighted by molar-refractivity contribution is -0.143. The highest BCUT2D eigenvalue weighted by Crippen LogP contribution is 2.19. The predicted molar refractivity (Wildman–Crippen MR) is 329 cm³/mol. The van der Waals surface area contributed by atoms with Crippen molar-refractivity contribution in [2.75, 3.05) is 13.2 Å². The number of ether oxygens (including phenoxy) is 1. The van der Waals surface area contributed by atoms with Gasteiger partial charge in [0.05, 0.1) is 25.4 Å². The number of rotatable bonds is 64. The fourth-order valence-electron chi connectivity index (χ4n) is 10.8. The number of esters is 1. The monoisotopic (exact) mass is 1060 g/mol. The molecule has 0 aliphatic heterocycles. The third kappa shape index (κ3) is 61.4. The van der Waals surface area contributed by atoms with Crippen LogP contribution in [0.25, 0.3) is 0 Å². The molecule has 0 fully saturated rings. The molecule has 0 aliphatic carbocycles. The zero-order chi connectivity index (χ0) is 54.3. The molecule has 2 unspecified atom stereocenters. The summed E-state index contributed by atoms with van der Waals surface area (Å²) in [4.78, 5) is 24.6. The minimum atomic E-state index is -0.665. The molecule has 444 valence electrons. The second-order valence-electron chi connectivity index (χ2n) is 23.5. The molecule has 2 atom stereocenters. The van der Waals surface area contributed by atoms with Crippen LogP contribution in [0.5, 0.6) is 0 Å². The molecule has 0 aromatic rings. The molecular formula is C69H133NO5. The van der Waals surface area contributed by atoms with Gasteiger partial charge in [0.1, 0.15) is 0 Å². The number of hydrogen-bond acceptors (Lipinski definition) is 5. The van der Waals surface area contributed by atoms with Crippen molar-refractivity contribution in [3.63, 3.8) is 0 Å². The van der Waals surface area contributed by atoms with E-state index in [0.29, 0.717) is 25.9 Å². The smallest absolute Gasteiger partial charge is 0.305 e. The first kappa shape index (κ1) is 73.3. The second-order valence-corrected chi connectivity index (χ2v) is 23.5. The Morgan fingerprint density at radius 2 is 0.667 bits per heavy atom. The van der Waals surface area contributed by atoms with Gasteiger partial charge in [0.15, 0.2) is 0 Å². The maximum atomic E-state index is 12.5. The van der Waals surface area contributed by atoms with Gasteiger partial charge in [-0.1, -0.05) is 334 Å². The van der Waals surface area contributed by atoms with Crippen molar-refractivity contribution in [3.8, 4) is 0 Å². The lowest BCUT2D eigenvalue weighted by atomic mass is 10.0. The quantitative estimate of drug-likeness (QED) is 0.0320. The molecule has 0 rings (SSSR count). The Bertz CT molecular complexity index is 1170. The lowest BCUT2D eigenvalue weighted by Crippen LogP contribution is -2.45. The van der Waals surface area contributed by atoms with Crippen molar-refractivity contribution < 1.29 is 24.5 Å². The number of nitrogens with one attached hydrogen (secondary N) is 1. The molecule has 0 saturated carbocycles. The minimum Gasteiger partial charge on any atom is -0.466 e. The average molecular weight is 1060 g/mol. The molecule has 0 radical (unpaired) electrons. The summed E-state index contributed by atoms with van der Waals surface area (Å²) in [6.07, 6.45) is 80.6.